The van der Waals surface area contributed by atoms with Crippen LogP contribution >= 0.6 is 11.3 Å². The molecule has 2 aromatic heterocycles. The molecule has 19 heavy (non-hydrogen) atoms. The SMILES string of the molecule is O=c1ccc(-c2cccs2)c2n1C[C@@H]1CNC[C@H]2C1. The first-order valence-corrected chi connectivity index (χ1v) is 7.69. The van der Waals surface area contributed by atoms with Crippen LogP contribution in [-0.2, 0) is 6.54 Å². The Labute approximate surface area is 115 Å². The Morgan fingerprint density at radius 1 is 1.26 bits per heavy atom. The first-order valence-electron chi connectivity index (χ1n) is 6.81. The summed E-state index contributed by atoms with van der Waals surface area (Å²) in [7, 11) is 0. The van der Waals surface area contributed by atoms with Crippen molar-refractivity contribution in [1.82, 2.24) is 9.88 Å². The summed E-state index contributed by atoms with van der Waals surface area (Å²) < 4.78 is 2.02. The molecule has 0 unspecified atom stereocenters. The molecule has 1 fully saturated rings. The number of hydrogen-bond donors (Lipinski definition) is 1. The summed E-state index contributed by atoms with van der Waals surface area (Å²) in [6.45, 7) is 2.92. The number of pyridine rings is 1. The van der Waals surface area contributed by atoms with Crippen LogP contribution in [0.4, 0.5) is 0 Å². The van der Waals surface area contributed by atoms with Crippen molar-refractivity contribution in [2.45, 2.75) is 18.9 Å². The number of fused-ring (bicyclic) bond motifs is 4. The average Bonchev–Trinajstić information content (AvgIpc) is 2.94. The second-order valence-electron chi connectivity index (χ2n) is 5.52. The molecule has 0 aromatic carbocycles. The molecule has 0 saturated carbocycles. The van der Waals surface area contributed by atoms with Crippen molar-refractivity contribution in [3.05, 3.63) is 45.7 Å². The van der Waals surface area contributed by atoms with Gasteiger partial charge in [0.1, 0.15) is 0 Å². The van der Waals surface area contributed by atoms with Crippen LogP contribution in [0.25, 0.3) is 10.4 Å². The van der Waals surface area contributed by atoms with Crippen LogP contribution in [0, 0.1) is 5.92 Å². The van der Waals surface area contributed by atoms with E-state index in [1.54, 1.807) is 17.4 Å². The lowest BCUT2D eigenvalue weighted by molar-refractivity contribution is 0.258. The number of piperidine rings is 1. The van der Waals surface area contributed by atoms with E-state index in [-0.39, 0.29) is 5.56 Å². The maximum atomic E-state index is 12.2. The minimum absolute atomic E-state index is 0.159. The van der Waals surface area contributed by atoms with Crippen LogP contribution < -0.4 is 10.9 Å². The average molecular weight is 272 g/mol. The van der Waals surface area contributed by atoms with Gasteiger partial charge in [-0.25, -0.2) is 0 Å². The van der Waals surface area contributed by atoms with Crippen LogP contribution in [0.2, 0.25) is 0 Å². The summed E-state index contributed by atoms with van der Waals surface area (Å²) in [5, 5.41) is 5.61. The van der Waals surface area contributed by atoms with Gasteiger partial charge in [-0.05, 0) is 36.4 Å². The monoisotopic (exact) mass is 272 g/mol. The zero-order chi connectivity index (χ0) is 12.8. The smallest absolute Gasteiger partial charge is 0.250 e. The van der Waals surface area contributed by atoms with E-state index in [1.165, 1.54) is 22.6 Å². The Morgan fingerprint density at radius 3 is 3.05 bits per heavy atom. The van der Waals surface area contributed by atoms with E-state index < -0.39 is 0 Å². The third-order valence-electron chi connectivity index (χ3n) is 4.28. The van der Waals surface area contributed by atoms with Crippen LogP contribution in [-0.4, -0.2) is 17.7 Å². The summed E-state index contributed by atoms with van der Waals surface area (Å²) in [6, 6.07) is 7.96. The van der Waals surface area contributed by atoms with E-state index in [4.69, 9.17) is 0 Å². The molecule has 4 heterocycles. The second kappa shape index (κ2) is 4.32. The van der Waals surface area contributed by atoms with Gasteiger partial charge in [-0.1, -0.05) is 6.07 Å². The number of aromatic nitrogens is 1. The third-order valence-corrected chi connectivity index (χ3v) is 5.18. The Hall–Kier alpha value is -1.39. The molecule has 0 aliphatic carbocycles. The van der Waals surface area contributed by atoms with Gasteiger partial charge in [0.15, 0.2) is 0 Å². The zero-order valence-corrected chi connectivity index (χ0v) is 11.5. The molecule has 2 bridgehead atoms. The van der Waals surface area contributed by atoms with Gasteiger partial charge < -0.3 is 9.88 Å². The molecule has 0 radical (unpaired) electrons. The van der Waals surface area contributed by atoms with Crippen molar-refractivity contribution < 1.29 is 0 Å². The molecule has 2 atom stereocenters. The number of thiophene rings is 1. The van der Waals surface area contributed by atoms with Gasteiger partial charge in [-0.3, -0.25) is 4.79 Å². The molecule has 2 aliphatic heterocycles. The van der Waals surface area contributed by atoms with Crippen molar-refractivity contribution in [1.29, 1.82) is 0 Å². The number of nitrogens with one attached hydrogen (secondary N) is 1. The highest BCUT2D eigenvalue weighted by Gasteiger charge is 2.32. The van der Waals surface area contributed by atoms with Crippen LogP contribution in [0.15, 0.2) is 34.4 Å². The lowest BCUT2D eigenvalue weighted by atomic mass is 9.82. The maximum Gasteiger partial charge on any atom is 0.250 e. The molecule has 1 saturated heterocycles. The van der Waals surface area contributed by atoms with Crippen LogP contribution in [0.5, 0.6) is 0 Å². The summed E-state index contributed by atoms with van der Waals surface area (Å²) in [5.74, 6) is 1.10. The zero-order valence-electron chi connectivity index (χ0n) is 10.6. The van der Waals surface area contributed by atoms with Gasteiger partial charge in [-0.2, -0.15) is 0 Å². The molecular weight excluding hydrogens is 256 g/mol. The molecule has 0 spiro atoms. The van der Waals surface area contributed by atoms with Crippen molar-refractivity contribution in [3.8, 4) is 10.4 Å². The minimum Gasteiger partial charge on any atom is -0.316 e. The van der Waals surface area contributed by atoms with E-state index in [0.29, 0.717) is 11.8 Å². The molecule has 1 N–H and O–H groups in total. The summed E-state index contributed by atoms with van der Waals surface area (Å²) in [4.78, 5) is 13.4. The van der Waals surface area contributed by atoms with Crippen LogP contribution in [0.3, 0.4) is 0 Å². The topological polar surface area (TPSA) is 34.0 Å². The highest BCUT2D eigenvalue weighted by atomic mass is 32.1. The third kappa shape index (κ3) is 1.78. The lowest BCUT2D eigenvalue weighted by Gasteiger charge is -2.38. The number of rotatable bonds is 1. The summed E-state index contributed by atoms with van der Waals surface area (Å²) >= 11 is 1.75. The molecule has 4 heteroatoms. The second-order valence-corrected chi connectivity index (χ2v) is 6.46. The van der Waals surface area contributed by atoms with Gasteiger partial charge in [0, 0.05) is 41.2 Å². The number of nitrogens with zero attached hydrogens (tertiary/aromatic N) is 1. The fraction of sp³-hybridized carbons (Fsp3) is 0.400. The quantitative estimate of drug-likeness (QED) is 0.864. The van der Waals surface area contributed by atoms with Crippen molar-refractivity contribution in [3.63, 3.8) is 0 Å². The molecule has 98 valence electrons. The van der Waals surface area contributed by atoms with Crippen LogP contribution in [0.1, 0.15) is 18.0 Å². The summed E-state index contributed by atoms with van der Waals surface area (Å²) in [5.41, 5.74) is 2.66. The largest absolute Gasteiger partial charge is 0.316 e. The van der Waals surface area contributed by atoms with Gasteiger partial charge in [-0.15, -0.1) is 11.3 Å². The summed E-state index contributed by atoms with van der Waals surface area (Å²) in [6.07, 6.45) is 1.22. The van der Waals surface area contributed by atoms with E-state index in [1.807, 2.05) is 10.6 Å². The molecule has 2 aliphatic rings. The normalized spacial score (nSPS) is 25.1. The fourth-order valence-electron chi connectivity index (χ4n) is 3.50. The standard InChI is InChI=1S/C15H16N2OS/c18-14-4-3-12(13-2-1-5-19-13)15-11-6-10(7-16-8-11)9-17(14)15/h1-5,10-11,16H,6-9H2/t10-,11+/m0/s1. The first kappa shape index (κ1) is 11.4. The van der Waals surface area contributed by atoms with Gasteiger partial charge in [0.05, 0.1) is 0 Å². The van der Waals surface area contributed by atoms with Crippen molar-refractivity contribution in [2.24, 2.45) is 5.92 Å². The minimum atomic E-state index is 0.159. The Balaban J connectivity index is 1.95. The van der Waals surface area contributed by atoms with E-state index in [0.717, 1.165) is 19.6 Å². The van der Waals surface area contributed by atoms with Gasteiger partial charge in [0.25, 0.3) is 5.56 Å². The Kier molecular flexibility index (Phi) is 2.60. The van der Waals surface area contributed by atoms with E-state index in [9.17, 15) is 4.79 Å². The molecule has 4 rings (SSSR count). The predicted molar refractivity (Wildman–Crippen MR) is 77.7 cm³/mol. The van der Waals surface area contributed by atoms with Gasteiger partial charge in [0.2, 0.25) is 0 Å². The molecular formula is C15H16N2OS. The predicted octanol–water partition coefficient (Wildman–Crippen LogP) is 2.28. The number of hydrogen-bond acceptors (Lipinski definition) is 3. The van der Waals surface area contributed by atoms with Gasteiger partial charge >= 0.3 is 0 Å². The molecule has 3 nitrogen and oxygen atoms in total. The van der Waals surface area contributed by atoms with Crippen molar-refractivity contribution >= 4 is 11.3 Å². The lowest BCUT2D eigenvalue weighted by Crippen LogP contribution is -2.45. The van der Waals surface area contributed by atoms with E-state index in [2.05, 4.69) is 22.8 Å². The fourth-order valence-corrected chi connectivity index (χ4v) is 4.26. The molecule has 2 aromatic rings. The van der Waals surface area contributed by atoms with Crippen molar-refractivity contribution in [2.75, 3.05) is 13.1 Å². The van der Waals surface area contributed by atoms with E-state index >= 15 is 0 Å². The highest BCUT2D eigenvalue weighted by molar-refractivity contribution is 7.13. The first-order chi connectivity index (χ1) is 9.33. The Morgan fingerprint density at radius 2 is 2.21 bits per heavy atom. The Bertz CT molecular complexity index is 659. The molecule has 0 amide bonds. The maximum absolute atomic E-state index is 12.2. The highest BCUT2D eigenvalue weighted by Crippen LogP contribution is 2.38.